The first-order valence-corrected chi connectivity index (χ1v) is 8.80. The summed E-state index contributed by atoms with van der Waals surface area (Å²) in [4.78, 5) is 26.4. The van der Waals surface area contributed by atoms with Crippen LogP contribution in [0.5, 0.6) is 0 Å². The number of benzene rings is 1. The standard InChI is InChI=1S/C18H26N4O2.ClH/c19-14-5-3-4-13(10-14)18(24)21-15-11-12(17(20)23)6-7-16(15)22-8-1-2-9-22;/h6-7,11,13-14H,1-5,8-10,19H2,(H2,20,23)(H,21,24);1H. The molecule has 1 heterocycles. The Bertz CT molecular complexity index is 632. The Morgan fingerprint density at radius 3 is 2.48 bits per heavy atom. The summed E-state index contributed by atoms with van der Waals surface area (Å²) in [5, 5.41) is 3.03. The molecule has 3 rings (SSSR count). The molecule has 1 aliphatic carbocycles. The molecule has 7 heteroatoms. The van der Waals surface area contributed by atoms with Crippen molar-refractivity contribution in [3.8, 4) is 0 Å². The van der Waals surface area contributed by atoms with Gasteiger partial charge in [-0.2, -0.15) is 0 Å². The molecule has 2 atom stereocenters. The first kappa shape index (κ1) is 19.5. The maximum Gasteiger partial charge on any atom is 0.248 e. The van der Waals surface area contributed by atoms with E-state index in [0.717, 1.165) is 57.3 Å². The van der Waals surface area contributed by atoms with Gasteiger partial charge in [-0.1, -0.05) is 6.42 Å². The lowest BCUT2D eigenvalue weighted by Gasteiger charge is -2.27. The number of rotatable bonds is 4. The Labute approximate surface area is 154 Å². The van der Waals surface area contributed by atoms with Crippen LogP contribution in [0.1, 0.15) is 48.9 Å². The summed E-state index contributed by atoms with van der Waals surface area (Å²) in [7, 11) is 0. The van der Waals surface area contributed by atoms with Crippen LogP contribution in [0, 0.1) is 5.92 Å². The SMILES string of the molecule is Cl.NC(=O)c1ccc(N2CCCC2)c(NC(=O)C2CCCC(N)C2)c1. The van der Waals surface area contributed by atoms with Gasteiger partial charge in [0.05, 0.1) is 11.4 Å². The number of nitrogens with two attached hydrogens (primary N) is 2. The molecule has 2 unspecified atom stereocenters. The Morgan fingerprint density at radius 2 is 1.84 bits per heavy atom. The van der Waals surface area contributed by atoms with Gasteiger partial charge < -0.3 is 21.7 Å². The largest absolute Gasteiger partial charge is 0.370 e. The fourth-order valence-electron chi connectivity index (χ4n) is 3.72. The van der Waals surface area contributed by atoms with Crippen molar-refractivity contribution in [3.63, 3.8) is 0 Å². The normalized spacial score (nSPS) is 23.0. The van der Waals surface area contributed by atoms with Crippen molar-refractivity contribution in [1.29, 1.82) is 0 Å². The fraction of sp³-hybridized carbons (Fsp3) is 0.556. The van der Waals surface area contributed by atoms with Crippen LogP contribution in [-0.2, 0) is 4.79 Å². The zero-order valence-electron chi connectivity index (χ0n) is 14.4. The lowest BCUT2D eigenvalue weighted by Crippen LogP contribution is -2.34. The number of hydrogen-bond acceptors (Lipinski definition) is 4. The summed E-state index contributed by atoms with van der Waals surface area (Å²) >= 11 is 0. The third kappa shape index (κ3) is 4.64. The van der Waals surface area contributed by atoms with E-state index in [4.69, 9.17) is 11.5 Å². The number of primary amides is 1. The van der Waals surface area contributed by atoms with E-state index in [9.17, 15) is 9.59 Å². The van der Waals surface area contributed by atoms with Crippen LogP contribution >= 0.6 is 12.4 Å². The number of carbonyl (C=O) groups is 2. The van der Waals surface area contributed by atoms with Gasteiger partial charge in [-0.25, -0.2) is 0 Å². The maximum atomic E-state index is 12.7. The first-order chi connectivity index (χ1) is 11.5. The van der Waals surface area contributed by atoms with Crippen LogP contribution in [0.4, 0.5) is 11.4 Å². The lowest BCUT2D eigenvalue weighted by atomic mass is 9.85. The van der Waals surface area contributed by atoms with Crippen molar-refractivity contribution in [2.75, 3.05) is 23.3 Å². The number of nitrogens with one attached hydrogen (secondary N) is 1. The van der Waals surface area contributed by atoms with E-state index >= 15 is 0 Å². The number of nitrogens with zero attached hydrogens (tertiary/aromatic N) is 1. The third-order valence-electron chi connectivity index (χ3n) is 5.07. The van der Waals surface area contributed by atoms with E-state index in [-0.39, 0.29) is 30.3 Å². The Kier molecular flexibility index (Phi) is 6.67. The van der Waals surface area contributed by atoms with E-state index < -0.39 is 5.91 Å². The molecule has 1 aliphatic heterocycles. The van der Waals surface area contributed by atoms with Crippen LogP contribution < -0.4 is 21.7 Å². The molecule has 138 valence electrons. The van der Waals surface area contributed by atoms with Crippen molar-refractivity contribution in [2.45, 2.75) is 44.6 Å². The number of amides is 2. The van der Waals surface area contributed by atoms with Crippen molar-refractivity contribution < 1.29 is 9.59 Å². The van der Waals surface area contributed by atoms with Gasteiger partial charge in [0.1, 0.15) is 0 Å². The first-order valence-electron chi connectivity index (χ1n) is 8.80. The second kappa shape index (κ2) is 8.54. The number of anilines is 2. The molecular weight excluding hydrogens is 340 g/mol. The molecule has 2 fully saturated rings. The van der Waals surface area contributed by atoms with Gasteiger partial charge in [0.15, 0.2) is 0 Å². The molecule has 0 aromatic heterocycles. The molecule has 1 aromatic rings. The third-order valence-corrected chi connectivity index (χ3v) is 5.07. The number of hydrogen-bond donors (Lipinski definition) is 3. The molecule has 25 heavy (non-hydrogen) atoms. The number of halogens is 1. The summed E-state index contributed by atoms with van der Waals surface area (Å²) in [6, 6.07) is 5.40. The quantitative estimate of drug-likeness (QED) is 0.760. The molecule has 0 radical (unpaired) electrons. The van der Waals surface area contributed by atoms with E-state index in [1.54, 1.807) is 12.1 Å². The average Bonchev–Trinajstić information content (AvgIpc) is 3.09. The number of carbonyl (C=O) groups excluding carboxylic acids is 2. The highest BCUT2D eigenvalue weighted by Crippen LogP contribution is 2.32. The van der Waals surface area contributed by atoms with Gasteiger partial charge in [-0.3, -0.25) is 9.59 Å². The Hall–Kier alpha value is -1.79. The monoisotopic (exact) mass is 366 g/mol. The van der Waals surface area contributed by atoms with Crippen molar-refractivity contribution >= 4 is 35.6 Å². The summed E-state index contributed by atoms with van der Waals surface area (Å²) in [6.07, 6.45) is 5.85. The fourth-order valence-corrected chi connectivity index (χ4v) is 3.72. The molecule has 2 amide bonds. The maximum absolute atomic E-state index is 12.7. The highest BCUT2D eigenvalue weighted by molar-refractivity contribution is 6.00. The molecule has 2 aliphatic rings. The van der Waals surface area contributed by atoms with Crippen molar-refractivity contribution in [3.05, 3.63) is 23.8 Å². The molecule has 5 N–H and O–H groups in total. The molecule has 6 nitrogen and oxygen atoms in total. The predicted octanol–water partition coefficient (Wildman–Crippen LogP) is 2.26. The van der Waals surface area contributed by atoms with Crippen LogP contribution in [0.2, 0.25) is 0 Å². The summed E-state index contributed by atoms with van der Waals surface area (Å²) < 4.78 is 0. The van der Waals surface area contributed by atoms with Crippen LogP contribution in [-0.4, -0.2) is 30.9 Å². The second-order valence-corrected chi connectivity index (χ2v) is 6.90. The Morgan fingerprint density at radius 1 is 1.12 bits per heavy atom. The van der Waals surface area contributed by atoms with Crippen molar-refractivity contribution in [1.82, 2.24) is 0 Å². The van der Waals surface area contributed by atoms with Crippen LogP contribution in [0.15, 0.2) is 18.2 Å². The summed E-state index contributed by atoms with van der Waals surface area (Å²) in [5.41, 5.74) is 13.4. The highest BCUT2D eigenvalue weighted by atomic mass is 35.5. The van der Waals surface area contributed by atoms with Crippen LogP contribution in [0.3, 0.4) is 0 Å². The second-order valence-electron chi connectivity index (χ2n) is 6.90. The molecule has 1 saturated carbocycles. The topological polar surface area (TPSA) is 101 Å². The molecule has 1 aromatic carbocycles. The van der Waals surface area contributed by atoms with Gasteiger partial charge in [0.25, 0.3) is 0 Å². The lowest BCUT2D eigenvalue weighted by molar-refractivity contribution is -0.120. The summed E-state index contributed by atoms with van der Waals surface area (Å²) in [6.45, 7) is 1.93. The molecular formula is C18H27ClN4O2. The van der Waals surface area contributed by atoms with Gasteiger partial charge in [0.2, 0.25) is 11.8 Å². The van der Waals surface area contributed by atoms with Crippen LogP contribution in [0.25, 0.3) is 0 Å². The highest BCUT2D eigenvalue weighted by Gasteiger charge is 2.26. The minimum Gasteiger partial charge on any atom is -0.370 e. The zero-order chi connectivity index (χ0) is 17.1. The van der Waals surface area contributed by atoms with Gasteiger partial charge in [0, 0.05) is 30.6 Å². The molecule has 0 bridgehead atoms. The predicted molar refractivity (Wildman–Crippen MR) is 102 cm³/mol. The van der Waals surface area contributed by atoms with Gasteiger partial charge in [-0.15, -0.1) is 12.4 Å². The van der Waals surface area contributed by atoms with E-state index in [2.05, 4.69) is 10.2 Å². The van der Waals surface area contributed by atoms with Crippen molar-refractivity contribution in [2.24, 2.45) is 17.4 Å². The van der Waals surface area contributed by atoms with E-state index in [0.29, 0.717) is 11.3 Å². The zero-order valence-corrected chi connectivity index (χ0v) is 15.2. The van der Waals surface area contributed by atoms with E-state index in [1.165, 1.54) is 0 Å². The smallest absolute Gasteiger partial charge is 0.248 e. The van der Waals surface area contributed by atoms with Gasteiger partial charge >= 0.3 is 0 Å². The average molecular weight is 367 g/mol. The minimum atomic E-state index is -0.488. The molecule has 1 saturated heterocycles. The summed E-state index contributed by atoms with van der Waals surface area (Å²) in [5.74, 6) is -0.553. The van der Waals surface area contributed by atoms with Gasteiger partial charge in [-0.05, 0) is 50.3 Å². The minimum absolute atomic E-state index is 0. The molecule has 0 spiro atoms. The van der Waals surface area contributed by atoms with E-state index in [1.807, 2.05) is 6.07 Å². The Balaban J connectivity index is 0.00000225.